The molecule has 29 heavy (non-hydrogen) atoms. The summed E-state index contributed by atoms with van der Waals surface area (Å²) in [6, 6.07) is 3.43. The molecule has 2 aliphatic rings. The maximum Gasteiger partial charge on any atom is 0.262 e. The lowest BCUT2D eigenvalue weighted by Gasteiger charge is -2.27. The van der Waals surface area contributed by atoms with Gasteiger partial charge in [0.15, 0.2) is 6.10 Å². The average Bonchev–Trinajstić information content (AvgIpc) is 2.90. The van der Waals surface area contributed by atoms with E-state index in [-0.39, 0.29) is 30.5 Å². The highest BCUT2D eigenvalue weighted by atomic mass is 16.3. The number of fused-ring (bicyclic) bond motifs is 1. The van der Waals surface area contributed by atoms with Gasteiger partial charge in [0.05, 0.1) is 16.7 Å². The zero-order valence-electron chi connectivity index (χ0n) is 15.9. The first-order valence-electron chi connectivity index (χ1n) is 9.04. The molecule has 2 aliphatic heterocycles. The molecule has 1 aromatic rings. The highest BCUT2D eigenvalue weighted by Crippen LogP contribution is 2.30. The number of hydrogen-bond donors (Lipinski definition) is 4. The summed E-state index contributed by atoms with van der Waals surface area (Å²) < 4.78 is 0. The minimum Gasteiger partial charge on any atom is -0.387 e. The third-order valence-corrected chi connectivity index (χ3v) is 4.92. The van der Waals surface area contributed by atoms with Crippen LogP contribution in [0, 0.1) is 0 Å². The van der Waals surface area contributed by atoms with Crippen LogP contribution in [0.3, 0.4) is 0 Å². The first-order valence-corrected chi connectivity index (χ1v) is 9.04. The standard InChI is InChI=1S/C19H21N3O7/c1-19(2,29)14(24)16(26)20-8-9-4-3-5-10-13(9)18(28)22(17(10)27)11-6-7-12(23)21-15(11)25/h3-5,11,14,24,29H,6-8H2,1-2H3,(H,20,26)(H,21,23,25). The van der Waals surface area contributed by atoms with Gasteiger partial charge in [-0.05, 0) is 31.9 Å². The van der Waals surface area contributed by atoms with Crippen molar-refractivity contribution in [2.75, 3.05) is 0 Å². The summed E-state index contributed by atoms with van der Waals surface area (Å²) in [5, 5.41) is 24.1. The lowest BCUT2D eigenvalue weighted by atomic mass is 10.0. The lowest BCUT2D eigenvalue weighted by Crippen LogP contribution is -2.54. The van der Waals surface area contributed by atoms with E-state index in [1.54, 1.807) is 0 Å². The number of carbonyl (C=O) groups is 5. The Morgan fingerprint density at radius 2 is 1.97 bits per heavy atom. The number of imide groups is 2. The molecule has 3 rings (SSSR count). The van der Waals surface area contributed by atoms with E-state index in [1.165, 1.54) is 32.0 Å². The predicted molar refractivity (Wildman–Crippen MR) is 97.3 cm³/mol. The molecule has 2 unspecified atom stereocenters. The third-order valence-electron chi connectivity index (χ3n) is 4.92. The van der Waals surface area contributed by atoms with Gasteiger partial charge in [-0.3, -0.25) is 34.2 Å². The number of hydrogen-bond acceptors (Lipinski definition) is 7. The third kappa shape index (κ3) is 3.76. The number of aliphatic hydroxyl groups is 2. The first kappa shape index (κ1) is 20.6. The molecule has 5 amide bonds. The highest BCUT2D eigenvalue weighted by Gasteiger charge is 2.45. The Morgan fingerprint density at radius 3 is 2.59 bits per heavy atom. The molecule has 4 N–H and O–H groups in total. The van der Waals surface area contributed by atoms with Crippen LogP contribution in [-0.2, 0) is 20.9 Å². The van der Waals surface area contributed by atoms with Gasteiger partial charge in [0, 0.05) is 13.0 Å². The van der Waals surface area contributed by atoms with E-state index in [0.29, 0.717) is 5.56 Å². The molecule has 154 valence electrons. The molecular formula is C19H21N3O7. The van der Waals surface area contributed by atoms with Crippen LogP contribution in [0.4, 0.5) is 0 Å². The van der Waals surface area contributed by atoms with Crippen LogP contribution in [0.15, 0.2) is 18.2 Å². The Kier molecular flexibility index (Phi) is 5.24. The second-order valence-electron chi connectivity index (χ2n) is 7.56. The van der Waals surface area contributed by atoms with Gasteiger partial charge >= 0.3 is 0 Å². The summed E-state index contributed by atoms with van der Waals surface area (Å²) in [7, 11) is 0. The van der Waals surface area contributed by atoms with Gasteiger partial charge in [0.2, 0.25) is 11.8 Å². The molecule has 0 aromatic heterocycles. The second-order valence-corrected chi connectivity index (χ2v) is 7.56. The molecule has 10 nitrogen and oxygen atoms in total. The smallest absolute Gasteiger partial charge is 0.262 e. The van der Waals surface area contributed by atoms with Crippen molar-refractivity contribution in [1.82, 2.24) is 15.5 Å². The van der Waals surface area contributed by atoms with Gasteiger partial charge in [0.25, 0.3) is 17.7 Å². The number of rotatable bonds is 5. The number of piperidine rings is 1. The van der Waals surface area contributed by atoms with Crippen molar-refractivity contribution in [3.8, 4) is 0 Å². The van der Waals surface area contributed by atoms with Crippen molar-refractivity contribution in [2.24, 2.45) is 0 Å². The van der Waals surface area contributed by atoms with E-state index in [0.717, 1.165) is 4.90 Å². The van der Waals surface area contributed by atoms with E-state index in [2.05, 4.69) is 10.6 Å². The number of amides is 5. The van der Waals surface area contributed by atoms with Gasteiger partial charge in [-0.2, -0.15) is 0 Å². The quantitative estimate of drug-likeness (QED) is 0.452. The second kappa shape index (κ2) is 7.37. The van der Waals surface area contributed by atoms with Gasteiger partial charge in [-0.1, -0.05) is 12.1 Å². The fraction of sp³-hybridized carbons (Fsp3) is 0.421. The minimum atomic E-state index is -1.68. The molecule has 1 fully saturated rings. The Hall–Kier alpha value is -3.11. The molecule has 1 aromatic carbocycles. The fourth-order valence-electron chi connectivity index (χ4n) is 3.33. The van der Waals surface area contributed by atoms with E-state index in [4.69, 9.17) is 0 Å². The van der Waals surface area contributed by atoms with Crippen LogP contribution in [0.5, 0.6) is 0 Å². The Morgan fingerprint density at radius 1 is 1.28 bits per heavy atom. The number of nitrogens with zero attached hydrogens (tertiary/aromatic N) is 1. The maximum atomic E-state index is 12.9. The van der Waals surface area contributed by atoms with Gasteiger partial charge in [-0.15, -0.1) is 0 Å². The van der Waals surface area contributed by atoms with Crippen molar-refractivity contribution in [2.45, 2.75) is 51.0 Å². The Labute approximate surface area is 165 Å². The minimum absolute atomic E-state index is 0.0154. The summed E-state index contributed by atoms with van der Waals surface area (Å²) >= 11 is 0. The van der Waals surface area contributed by atoms with Crippen LogP contribution in [0.25, 0.3) is 0 Å². The van der Waals surface area contributed by atoms with Gasteiger partial charge in [-0.25, -0.2) is 0 Å². The Bertz CT molecular complexity index is 919. The largest absolute Gasteiger partial charge is 0.387 e. The molecule has 0 spiro atoms. The highest BCUT2D eigenvalue weighted by molar-refractivity contribution is 6.24. The van der Waals surface area contributed by atoms with E-state index in [9.17, 15) is 34.2 Å². The summed E-state index contributed by atoms with van der Waals surface area (Å²) in [6.07, 6.45) is -1.63. The molecule has 2 atom stereocenters. The number of carbonyl (C=O) groups excluding carboxylic acids is 5. The van der Waals surface area contributed by atoms with Gasteiger partial charge < -0.3 is 15.5 Å². The maximum absolute atomic E-state index is 12.9. The lowest BCUT2D eigenvalue weighted by molar-refractivity contribution is -0.142. The van der Waals surface area contributed by atoms with Gasteiger partial charge in [0.1, 0.15) is 6.04 Å². The van der Waals surface area contributed by atoms with Crippen molar-refractivity contribution in [3.63, 3.8) is 0 Å². The first-order chi connectivity index (χ1) is 13.5. The van der Waals surface area contributed by atoms with E-state index in [1.807, 2.05) is 0 Å². The zero-order chi connectivity index (χ0) is 21.5. The zero-order valence-corrected chi connectivity index (χ0v) is 15.9. The summed E-state index contributed by atoms with van der Waals surface area (Å²) in [6.45, 7) is 2.38. The van der Waals surface area contributed by atoms with Crippen molar-refractivity contribution in [3.05, 3.63) is 34.9 Å². The summed E-state index contributed by atoms with van der Waals surface area (Å²) in [5.41, 5.74) is -1.18. The average molecular weight is 403 g/mol. The summed E-state index contributed by atoms with van der Waals surface area (Å²) in [5.74, 6) is -3.35. The molecular weight excluding hydrogens is 382 g/mol. The van der Waals surface area contributed by atoms with Crippen molar-refractivity contribution < 1.29 is 34.2 Å². The number of nitrogens with one attached hydrogen (secondary N) is 2. The van der Waals surface area contributed by atoms with Crippen molar-refractivity contribution >= 4 is 29.5 Å². The van der Waals surface area contributed by atoms with Crippen LogP contribution >= 0.6 is 0 Å². The Balaban J connectivity index is 1.83. The predicted octanol–water partition coefficient (Wildman–Crippen LogP) is -1.16. The van der Waals surface area contributed by atoms with Crippen LogP contribution in [0.2, 0.25) is 0 Å². The number of aliphatic hydroxyl groups excluding tert-OH is 1. The molecule has 0 bridgehead atoms. The van der Waals surface area contributed by atoms with Crippen molar-refractivity contribution in [1.29, 1.82) is 0 Å². The van der Waals surface area contributed by atoms with E-state index >= 15 is 0 Å². The molecule has 10 heteroatoms. The van der Waals surface area contributed by atoms with Crippen LogP contribution in [0.1, 0.15) is 53.0 Å². The monoisotopic (exact) mass is 403 g/mol. The molecule has 2 heterocycles. The molecule has 0 radical (unpaired) electrons. The molecule has 0 aliphatic carbocycles. The van der Waals surface area contributed by atoms with Crippen LogP contribution < -0.4 is 10.6 Å². The molecule has 1 saturated heterocycles. The summed E-state index contributed by atoms with van der Waals surface area (Å²) in [4.78, 5) is 62.0. The topological polar surface area (TPSA) is 153 Å². The molecule has 0 saturated carbocycles. The number of benzene rings is 1. The SMILES string of the molecule is CC(C)(O)C(O)C(=O)NCc1cccc2c1C(=O)N(C1CCC(=O)NC1=O)C2=O. The fourth-order valence-corrected chi connectivity index (χ4v) is 3.33. The van der Waals surface area contributed by atoms with E-state index < -0.39 is 47.3 Å². The van der Waals surface area contributed by atoms with Crippen LogP contribution in [-0.4, -0.2) is 62.4 Å². The normalized spacial score (nSPS) is 20.4.